The van der Waals surface area contributed by atoms with Gasteiger partial charge in [0, 0.05) is 11.1 Å². The maximum atomic E-state index is 14.8. The fraction of sp³-hybridized carbons (Fsp3) is 0.565. The summed E-state index contributed by atoms with van der Waals surface area (Å²) in [6.07, 6.45) is 11.0. The second-order valence-electron chi connectivity index (χ2n) is 9.81. The highest BCUT2D eigenvalue weighted by Crippen LogP contribution is 2.64. The van der Waals surface area contributed by atoms with E-state index in [0.29, 0.717) is 29.7 Å². The van der Waals surface area contributed by atoms with E-state index in [1.165, 1.54) is 25.3 Å². The molecule has 28 heavy (non-hydrogen) atoms. The van der Waals surface area contributed by atoms with Crippen LogP contribution >= 0.6 is 0 Å². The Morgan fingerprint density at radius 1 is 1.21 bits per heavy atom. The first-order valence-corrected chi connectivity index (χ1v) is 10.6. The SMILES string of the molecule is O=C(O)C(CC1c2c(F)cccc2-c2cncn21)C12CC3CC(CC(C3)C1)C2. The molecule has 0 amide bonds. The number of hydrogen-bond donors (Lipinski definition) is 1. The van der Waals surface area contributed by atoms with E-state index in [4.69, 9.17) is 0 Å². The van der Waals surface area contributed by atoms with Crippen LogP contribution in [-0.2, 0) is 4.79 Å². The largest absolute Gasteiger partial charge is 0.481 e. The minimum atomic E-state index is -0.701. The standard InChI is InChI=1S/C23H25FN2O2/c24-18-3-1-2-16-20-11-25-12-26(20)19(21(16)18)7-17(22(27)28)23-8-13-4-14(9-23)6-15(5-13)10-23/h1-3,11-15,17,19H,4-10H2,(H,27,28). The molecular formula is C23H25FN2O2. The van der Waals surface area contributed by atoms with Crippen molar-refractivity contribution in [3.8, 4) is 11.3 Å². The highest BCUT2D eigenvalue weighted by Gasteiger charge is 2.56. The summed E-state index contributed by atoms with van der Waals surface area (Å²) >= 11 is 0. The first-order valence-electron chi connectivity index (χ1n) is 10.6. The van der Waals surface area contributed by atoms with Gasteiger partial charge in [-0.1, -0.05) is 12.1 Å². The molecule has 4 fully saturated rings. The minimum absolute atomic E-state index is 0.102. The third-order valence-electron chi connectivity index (χ3n) is 8.25. The number of aliphatic carboxylic acids is 1. The first-order chi connectivity index (χ1) is 13.5. The van der Waals surface area contributed by atoms with Gasteiger partial charge in [-0.05, 0) is 74.2 Å². The number of carboxylic acid groups (broad SMARTS) is 1. The van der Waals surface area contributed by atoms with Crippen LogP contribution in [-0.4, -0.2) is 20.6 Å². The molecule has 5 heteroatoms. The average Bonchev–Trinajstić information content (AvgIpc) is 3.20. The Morgan fingerprint density at radius 3 is 2.54 bits per heavy atom. The molecule has 0 radical (unpaired) electrons. The first kappa shape index (κ1) is 16.8. The molecule has 146 valence electrons. The molecule has 1 aromatic carbocycles. The van der Waals surface area contributed by atoms with E-state index < -0.39 is 11.9 Å². The lowest BCUT2D eigenvalue weighted by molar-refractivity contribution is -0.159. The van der Waals surface area contributed by atoms with Crippen molar-refractivity contribution < 1.29 is 14.3 Å². The topological polar surface area (TPSA) is 55.1 Å². The molecule has 2 aromatic rings. The lowest BCUT2D eigenvalue weighted by atomic mass is 9.46. The molecule has 4 nitrogen and oxygen atoms in total. The minimum Gasteiger partial charge on any atom is -0.481 e. The van der Waals surface area contributed by atoms with Crippen LogP contribution in [0.4, 0.5) is 4.39 Å². The van der Waals surface area contributed by atoms with Gasteiger partial charge in [0.2, 0.25) is 0 Å². The van der Waals surface area contributed by atoms with Gasteiger partial charge in [0.15, 0.2) is 0 Å². The molecule has 0 saturated heterocycles. The van der Waals surface area contributed by atoms with E-state index in [9.17, 15) is 14.3 Å². The van der Waals surface area contributed by atoms with E-state index in [1.807, 2.05) is 10.6 Å². The molecule has 4 saturated carbocycles. The van der Waals surface area contributed by atoms with Crippen LogP contribution in [0.1, 0.15) is 56.6 Å². The molecule has 2 unspecified atom stereocenters. The van der Waals surface area contributed by atoms with Gasteiger partial charge >= 0.3 is 5.97 Å². The molecule has 2 heterocycles. The van der Waals surface area contributed by atoms with Crippen molar-refractivity contribution in [2.45, 2.75) is 51.0 Å². The number of fused-ring (bicyclic) bond motifs is 3. The van der Waals surface area contributed by atoms with Crippen LogP contribution < -0.4 is 0 Å². The molecule has 5 aliphatic rings. The zero-order valence-electron chi connectivity index (χ0n) is 15.9. The van der Waals surface area contributed by atoms with E-state index in [-0.39, 0.29) is 17.3 Å². The van der Waals surface area contributed by atoms with Gasteiger partial charge in [-0.2, -0.15) is 0 Å². The summed E-state index contributed by atoms with van der Waals surface area (Å²) in [4.78, 5) is 16.8. The number of aromatic nitrogens is 2. The molecule has 7 rings (SSSR count). The summed E-state index contributed by atoms with van der Waals surface area (Å²) in [7, 11) is 0. The van der Waals surface area contributed by atoms with Gasteiger partial charge in [-0.15, -0.1) is 0 Å². The Balaban J connectivity index is 1.41. The normalized spacial score (nSPS) is 35.6. The fourth-order valence-electron chi connectivity index (χ4n) is 7.67. The summed E-state index contributed by atoms with van der Waals surface area (Å²) in [6.45, 7) is 0. The number of nitrogens with zero attached hydrogens (tertiary/aromatic N) is 2. The Labute approximate surface area is 163 Å². The second kappa shape index (κ2) is 5.68. The molecule has 1 aliphatic heterocycles. The average molecular weight is 380 g/mol. The van der Waals surface area contributed by atoms with Crippen LogP contribution in [0.25, 0.3) is 11.3 Å². The molecule has 0 spiro atoms. The van der Waals surface area contributed by atoms with Crippen molar-refractivity contribution in [2.24, 2.45) is 29.1 Å². The second-order valence-corrected chi connectivity index (χ2v) is 9.81. The summed E-state index contributed by atoms with van der Waals surface area (Å²) in [5.74, 6) is 0.736. The Bertz CT molecular complexity index is 930. The van der Waals surface area contributed by atoms with Crippen LogP contribution in [0.15, 0.2) is 30.7 Å². The molecule has 1 aromatic heterocycles. The lowest BCUT2D eigenvalue weighted by Gasteiger charge is -2.59. The number of hydrogen-bond acceptors (Lipinski definition) is 2. The summed E-state index contributed by atoms with van der Waals surface area (Å²) in [6, 6.07) is 4.86. The smallest absolute Gasteiger partial charge is 0.307 e. The van der Waals surface area contributed by atoms with Crippen LogP contribution in [0.2, 0.25) is 0 Å². The van der Waals surface area contributed by atoms with E-state index in [0.717, 1.165) is 30.5 Å². The van der Waals surface area contributed by atoms with Crippen molar-refractivity contribution in [1.29, 1.82) is 0 Å². The third kappa shape index (κ3) is 2.22. The van der Waals surface area contributed by atoms with Crippen molar-refractivity contribution >= 4 is 5.97 Å². The third-order valence-corrected chi connectivity index (χ3v) is 8.25. The zero-order valence-corrected chi connectivity index (χ0v) is 15.9. The fourth-order valence-corrected chi connectivity index (χ4v) is 7.67. The van der Waals surface area contributed by atoms with E-state index in [2.05, 4.69) is 4.98 Å². The predicted molar refractivity (Wildman–Crippen MR) is 102 cm³/mol. The monoisotopic (exact) mass is 380 g/mol. The zero-order chi connectivity index (χ0) is 19.0. The van der Waals surface area contributed by atoms with E-state index in [1.54, 1.807) is 18.6 Å². The summed E-state index contributed by atoms with van der Waals surface area (Å²) in [5.41, 5.74) is 2.30. The van der Waals surface area contributed by atoms with Crippen LogP contribution in [0.5, 0.6) is 0 Å². The van der Waals surface area contributed by atoms with Gasteiger partial charge in [0.05, 0.1) is 30.2 Å². The van der Waals surface area contributed by atoms with Crippen molar-refractivity contribution in [3.63, 3.8) is 0 Å². The number of benzene rings is 1. The lowest BCUT2D eigenvalue weighted by Crippen LogP contribution is -2.51. The quantitative estimate of drug-likeness (QED) is 0.821. The number of carbonyl (C=O) groups is 1. The van der Waals surface area contributed by atoms with Crippen LogP contribution in [0.3, 0.4) is 0 Å². The summed E-state index contributed by atoms with van der Waals surface area (Å²) in [5, 5.41) is 10.3. The number of halogens is 1. The van der Waals surface area contributed by atoms with Crippen LogP contribution in [0, 0.1) is 34.9 Å². The molecule has 1 N–H and O–H groups in total. The summed E-state index contributed by atoms with van der Waals surface area (Å²) < 4.78 is 16.8. The Kier molecular flexibility index (Phi) is 3.40. The van der Waals surface area contributed by atoms with Crippen molar-refractivity contribution in [1.82, 2.24) is 9.55 Å². The highest BCUT2D eigenvalue weighted by molar-refractivity contribution is 5.73. The predicted octanol–water partition coefficient (Wildman–Crippen LogP) is 4.90. The van der Waals surface area contributed by atoms with Crippen molar-refractivity contribution in [2.75, 3.05) is 0 Å². The van der Waals surface area contributed by atoms with Gasteiger partial charge in [0.25, 0.3) is 0 Å². The number of rotatable bonds is 4. The van der Waals surface area contributed by atoms with Crippen molar-refractivity contribution in [3.05, 3.63) is 42.1 Å². The number of imidazole rings is 1. The molecule has 4 aliphatic carbocycles. The molecule has 2 atom stereocenters. The van der Waals surface area contributed by atoms with E-state index >= 15 is 0 Å². The van der Waals surface area contributed by atoms with Gasteiger partial charge in [0.1, 0.15) is 5.82 Å². The Hall–Kier alpha value is -2.17. The highest BCUT2D eigenvalue weighted by atomic mass is 19.1. The maximum Gasteiger partial charge on any atom is 0.307 e. The maximum absolute atomic E-state index is 14.8. The Morgan fingerprint density at radius 2 is 1.89 bits per heavy atom. The molecule has 4 bridgehead atoms. The van der Waals surface area contributed by atoms with Gasteiger partial charge in [-0.3, -0.25) is 4.79 Å². The van der Waals surface area contributed by atoms with Gasteiger partial charge < -0.3 is 9.67 Å². The van der Waals surface area contributed by atoms with Gasteiger partial charge in [-0.25, -0.2) is 9.37 Å². The molecular weight excluding hydrogens is 355 g/mol. The number of carboxylic acids is 1.